The molecule has 4 aromatic rings. The number of hydrogen-bond donors (Lipinski definition) is 1. The lowest BCUT2D eigenvalue weighted by Crippen LogP contribution is -2.09. The maximum Gasteiger partial charge on any atom is 0.196 e. The molecule has 0 saturated carbocycles. The molecule has 0 saturated heterocycles. The SMILES string of the molecule is COc1ccccc1NCc1nnc(SCCOc2ccccc2)n1-c1ccccc1. The molecular formula is C24H24N4O2S. The van der Waals surface area contributed by atoms with Crippen LogP contribution in [0.2, 0.25) is 0 Å². The molecule has 31 heavy (non-hydrogen) atoms. The summed E-state index contributed by atoms with van der Waals surface area (Å²) in [5.41, 5.74) is 1.94. The zero-order valence-electron chi connectivity index (χ0n) is 17.3. The molecule has 4 rings (SSSR count). The molecule has 0 aliphatic heterocycles. The molecule has 0 unspecified atom stereocenters. The molecule has 0 aliphatic rings. The predicted octanol–water partition coefficient (Wildman–Crippen LogP) is 5.06. The van der Waals surface area contributed by atoms with Gasteiger partial charge in [-0.15, -0.1) is 10.2 Å². The molecule has 1 aromatic heterocycles. The molecule has 0 fully saturated rings. The third-order valence-electron chi connectivity index (χ3n) is 4.59. The normalized spacial score (nSPS) is 10.6. The van der Waals surface area contributed by atoms with Crippen LogP contribution < -0.4 is 14.8 Å². The predicted molar refractivity (Wildman–Crippen MR) is 124 cm³/mol. The molecule has 7 heteroatoms. The molecular weight excluding hydrogens is 408 g/mol. The zero-order valence-corrected chi connectivity index (χ0v) is 18.1. The van der Waals surface area contributed by atoms with Crippen molar-refractivity contribution in [3.8, 4) is 17.2 Å². The molecule has 6 nitrogen and oxygen atoms in total. The van der Waals surface area contributed by atoms with E-state index in [1.54, 1.807) is 18.9 Å². The summed E-state index contributed by atoms with van der Waals surface area (Å²) in [6.45, 7) is 1.11. The second-order valence-electron chi connectivity index (χ2n) is 6.63. The Kier molecular flexibility index (Phi) is 7.08. The van der Waals surface area contributed by atoms with Gasteiger partial charge in [-0.05, 0) is 36.4 Å². The van der Waals surface area contributed by atoms with E-state index < -0.39 is 0 Å². The quantitative estimate of drug-likeness (QED) is 0.279. The first kappa shape index (κ1) is 20.8. The van der Waals surface area contributed by atoms with Crippen molar-refractivity contribution >= 4 is 17.4 Å². The molecule has 0 bridgehead atoms. The highest BCUT2D eigenvalue weighted by atomic mass is 32.2. The van der Waals surface area contributed by atoms with Crippen LogP contribution in [0.4, 0.5) is 5.69 Å². The summed E-state index contributed by atoms with van der Waals surface area (Å²) in [5, 5.41) is 13.1. The van der Waals surface area contributed by atoms with E-state index >= 15 is 0 Å². The highest BCUT2D eigenvalue weighted by molar-refractivity contribution is 7.99. The minimum Gasteiger partial charge on any atom is -0.495 e. The lowest BCUT2D eigenvalue weighted by molar-refractivity contribution is 0.344. The maximum absolute atomic E-state index is 5.81. The van der Waals surface area contributed by atoms with Crippen LogP contribution in [0.3, 0.4) is 0 Å². The molecule has 0 radical (unpaired) electrons. The first-order valence-electron chi connectivity index (χ1n) is 10.0. The molecule has 1 heterocycles. The number of rotatable bonds is 10. The first-order valence-corrected chi connectivity index (χ1v) is 11.0. The topological polar surface area (TPSA) is 61.2 Å². The van der Waals surface area contributed by atoms with Gasteiger partial charge in [0.2, 0.25) is 0 Å². The Morgan fingerprint density at radius 3 is 2.35 bits per heavy atom. The van der Waals surface area contributed by atoms with Crippen molar-refractivity contribution in [3.05, 3.63) is 90.8 Å². The molecule has 3 aromatic carbocycles. The second kappa shape index (κ2) is 10.5. The molecule has 0 amide bonds. The number of methoxy groups -OCH3 is 1. The number of benzene rings is 3. The van der Waals surface area contributed by atoms with Crippen LogP contribution in [0.25, 0.3) is 5.69 Å². The number of ether oxygens (including phenoxy) is 2. The van der Waals surface area contributed by atoms with Gasteiger partial charge in [0, 0.05) is 11.4 Å². The minimum absolute atomic E-state index is 0.517. The summed E-state index contributed by atoms with van der Waals surface area (Å²) in [4.78, 5) is 0. The Morgan fingerprint density at radius 2 is 1.58 bits per heavy atom. The van der Waals surface area contributed by atoms with Gasteiger partial charge in [0.1, 0.15) is 11.5 Å². The molecule has 0 aliphatic carbocycles. The Morgan fingerprint density at radius 1 is 0.871 bits per heavy atom. The van der Waals surface area contributed by atoms with Crippen LogP contribution in [0.1, 0.15) is 5.82 Å². The average molecular weight is 433 g/mol. The Bertz CT molecular complexity index is 1090. The fourth-order valence-electron chi connectivity index (χ4n) is 3.12. The standard InChI is InChI=1S/C24H24N4O2S/c1-29-22-15-9-8-14-21(22)25-18-23-26-27-24(28(23)19-10-4-2-5-11-19)31-17-16-30-20-12-6-3-7-13-20/h2-15,25H,16-18H2,1H3. The van der Waals surface area contributed by atoms with Crippen LogP contribution in [-0.2, 0) is 6.54 Å². The van der Waals surface area contributed by atoms with E-state index in [0.29, 0.717) is 13.2 Å². The van der Waals surface area contributed by atoms with Crippen molar-refractivity contribution in [2.75, 3.05) is 24.8 Å². The highest BCUT2D eigenvalue weighted by Gasteiger charge is 2.15. The molecule has 0 spiro atoms. The van der Waals surface area contributed by atoms with Gasteiger partial charge >= 0.3 is 0 Å². The number of anilines is 1. The summed E-state index contributed by atoms with van der Waals surface area (Å²) in [7, 11) is 1.67. The highest BCUT2D eigenvalue weighted by Crippen LogP contribution is 2.26. The number of aromatic nitrogens is 3. The monoisotopic (exact) mass is 432 g/mol. The summed E-state index contributed by atoms with van der Waals surface area (Å²) in [6, 6.07) is 27.8. The van der Waals surface area contributed by atoms with Gasteiger partial charge in [0.15, 0.2) is 11.0 Å². The van der Waals surface area contributed by atoms with Crippen molar-refractivity contribution in [3.63, 3.8) is 0 Å². The van der Waals surface area contributed by atoms with Gasteiger partial charge in [-0.2, -0.15) is 0 Å². The van der Waals surface area contributed by atoms with E-state index in [0.717, 1.165) is 39.6 Å². The third-order valence-corrected chi connectivity index (χ3v) is 5.48. The number of para-hydroxylation sites is 4. The lowest BCUT2D eigenvalue weighted by Gasteiger charge is -2.13. The smallest absolute Gasteiger partial charge is 0.196 e. The number of thioether (sulfide) groups is 1. The Hall–Kier alpha value is -3.45. The van der Waals surface area contributed by atoms with Crippen molar-refractivity contribution in [1.29, 1.82) is 0 Å². The fourth-order valence-corrected chi connectivity index (χ4v) is 3.91. The van der Waals surface area contributed by atoms with Crippen LogP contribution >= 0.6 is 11.8 Å². The fraction of sp³-hybridized carbons (Fsp3) is 0.167. The molecule has 0 atom stereocenters. The van der Waals surface area contributed by atoms with Crippen LogP contribution in [0.5, 0.6) is 11.5 Å². The van der Waals surface area contributed by atoms with Gasteiger partial charge in [0.25, 0.3) is 0 Å². The zero-order chi connectivity index (χ0) is 21.3. The van der Waals surface area contributed by atoms with E-state index in [2.05, 4.69) is 32.2 Å². The Labute approximate surface area is 186 Å². The lowest BCUT2D eigenvalue weighted by atomic mass is 10.3. The van der Waals surface area contributed by atoms with Crippen LogP contribution in [0.15, 0.2) is 90.1 Å². The van der Waals surface area contributed by atoms with Gasteiger partial charge in [-0.25, -0.2) is 0 Å². The van der Waals surface area contributed by atoms with E-state index in [1.165, 1.54) is 0 Å². The number of nitrogens with zero attached hydrogens (tertiary/aromatic N) is 3. The van der Waals surface area contributed by atoms with Crippen LogP contribution in [-0.4, -0.2) is 34.2 Å². The van der Waals surface area contributed by atoms with Crippen molar-refractivity contribution in [2.45, 2.75) is 11.7 Å². The summed E-state index contributed by atoms with van der Waals surface area (Å²) < 4.78 is 13.3. The van der Waals surface area contributed by atoms with E-state index in [9.17, 15) is 0 Å². The van der Waals surface area contributed by atoms with Gasteiger partial charge < -0.3 is 14.8 Å². The number of nitrogens with one attached hydrogen (secondary N) is 1. The van der Waals surface area contributed by atoms with Gasteiger partial charge in [-0.1, -0.05) is 60.3 Å². The van der Waals surface area contributed by atoms with Crippen molar-refractivity contribution in [1.82, 2.24) is 14.8 Å². The largest absolute Gasteiger partial charge is 0.495 e. The third kappa shape index (κ3) is 5.38. The Balaban J connectivity index is 1.47. The van der Waals surface area contributed by atoms with E-state index in [4.69, 9.17) is 9.47 Å². The molecule has 158 valence electrons. The van der Waals surface area contributed by atoms with Gasteiger partial charge in [-0.3, -0.25) is 4.57 Å². The van der Waals surface area contributed by atoms with E-state index in [-0.39, 0.29) is 0 Å². The van der Waals surface area contributed by atoms with Gasteiger partial charge in [0.05, 0.1) is 25.9 Å². The van der Waals surface area contributed by atoms with Crippen LogP contribution in [0, 0.1) is 0 Å². The minimum atomic E-state index is 0.517. The summed E-state index contributed by atoms with van der Waals surface area (Å²) in [6.07, 6.45) is 0. The maximum atomic E-state index is 5.81. The number of hydrogen-bond acceptors (Lipinski definition) is 6. The van der Waals surface area contributed by atoms with E-state index in [1.807, 2.05) is 72.8 Å². The van der Waals surface area contributed by atoms with Crippen molar-refractivity contribution < 1.29 is 9.47 Å². The second-order valence-corrected chi connectivity index (χ2v) is 7.70. The molecule has 1 N–H and O–H groups in total. The average Bonchev–Trinajstić information content (AvgIpc) is 3.24. The summed E-state index contributed by atoms with van der Waals surface area (Å²) in [5.74, 6) is 3.25. The summed E-state index contributed by atoms with van der Waals surface area (Å²) >= 11 is 1.62. The van der Waals surface area contributed by atoms with Crippen molar-refractivity contribution in [2.24, 2.45) is 0 Å². The first-order chi connectivity index (χ1) is 15.3.